The zero-order valence-corrected chi connectivity index (χ0v) is 19.2. The molecule has 1 heterocycles. The van der Waals surface area contributed by atoms with Gasteiger partial charge in [-0.15, -0.1) is 0 Å². The van der Waals surface area contributed by atoms with Gasteiger partial charge in [-0.1, -0.05) is 29.8 Å². The zero-order chi connectivity index (χ0) is 23.8. The molecule has 0 saturated heterocycles. The number of amides is 1. The Bertz CT molecular complexity index is 1230. The number of rotatable bonds is 4. The molecule has 0 aliphatic carbocycles. The van der Waals surface area contributed by atoms with E-state index in [9.17, 15) is 14.9 Å². The van der Waals surface area contributed by atoms with Crippen molar-refractivity contribution in [3.63, 3.8) is 0 Å². The van der Waals surface area contributed by atoms with Crippen LogP contribution in [0.2, 0.25) is 5.02 Å². The van der Waals surface area contributed by atoms with Crippen molar-refractivity contribution in [2.45, 2.75) is 32.4 Å². The van der Waals surface area contributed by atoms with Gasteiger partial charge in [-0.3, -0.25) is 14.9 Å². The van der Waals surface area contributed by atoms with Gasteiger partial charge < -0.3 is 10.2 Å². The van der Waals surface area contributed by atoms with E-state index in [1.165, 1.54) is 12.1 Å². The molecule has 1 amide bonds. The SMILES string of the molecule is CC(C)(C)NC(=O)C1c2ccccc2N=C(c2ccc([N+](=O)[O-])cc2)N1c1ccc(Cl)cc1. The highest BCUT2D eigenvalue weighted by atomic mass is 35.5. The number of nitro benzene ring substituents is 1. The number of halogens is 1. The van der Waals surface area contributed by atoms with E-state index >= 15 is 0 Å². The van der Waals surface area contributed by atoms with Crippen LogP contribution in [0.3, 0.4) is 0 Å². The number of hydrogen-bond acceptors (Lipinski definition) is 5. The lowest BCUT2D eigenvalue weighted by atomic mass is 9.96. The van der Waals surface area contributed by atoms with Crippen LogP contribution in [0.4, 0.5) is 17.1 Å². The van der Waals surface area contributed by atoms with Gasteiger partial charge >= 0.3 is 0 Å². The Labute approximate surface area is 196 Å². The smallest absolute Gasteiger partial charge is 0.269 e. The molecule has 7 nitrogen and oxygen atoms in total. The minimum Gasteiger partial charge on any atom is -0.349 e. The van der Waals surface area contributed by atoms with Gasteiger partial charge in [0, 0.05) is 39.5 Å². The minimum absolute atomic E-state index is 0.0179. The van der Waals surface area contributed by atoms with E-state index in [1.54, 1.807) is 24.3 Å². The molecule has 8 heteroatoms. The largest absolute Gasteiger partial charge is 0.349 e. The summed E-state index contributed by atoms with van der Waals surface area (Å²) in [4.78, 5) is 31.0. The van der Waals surface area contributed by atoms with Gasteiger partial charge in [0.05, 0.1) is 10.6 Å². The highest BCUT2D eigenvalue weighted by Crippen LogP contribution is 2.40. The Kier molecular flexibility index (Phi) is 5.91. The first-order valence-electron chi connectivity index (χ1n) is 10.4. The number of nitrogens with one attached hydrogen (secondary N) is 1. The van der Waals surface area contributed by atoms with Crippen LogP contribution in [0.15, 0.2) is 77.8 Å². The molecule has 0 spiro atoms. The Morgan fingerprint density at radius 1 is 1.03 bits per heavy atom. The fourth-order valence-corrected chi connectivity index (χ4v) is 3.88. The van der Waals surface area contributed by atoms with Crippen LogP contribution in [0.5, 0.6) is 0 Å². The third-order valence-electron chi connectivity index (χ3n) is 5.13. The summed E-state index contributed by atoms with van der Waals surface area (Å²) in [7, 11) is 0. The van der Waals surface area contributed by atoms with Crippen molar-refractivity contribution in [3.05, 3.63) is 99.1 Å². The van der Waals surface area contributed by atoms with Crippen molar-refractivity contribution in [2.24, 2.45) is 4.99 Å². The van der Waals surface area contributed by atoms with Crippen molar-refractivity contribution in [1.82, 2.24) is 5.32 Å². The molecule has 3 aromatic rings. The number of aliphatic imine (C=N–C) groups is 1. The Morgan fingerprint density at radius 3 is 2.27 bits per heavy atom. The van der Waals surface area contributed by atoms with E-state index < -0.39 is 16.5 Å². The molecule has 1 unspecified atom stereocenters. The molecule has 3 aromatic carbocycles. The van der Waals surface area contributed by atoms with Gasteiger partial charge in [0.1, 0.15) is 11.9 Å². The molecule has 0 aromatic heterocycles. The first-order valence-corrected chi connectivity index (χ1v) is 10.8. The van der Waals surface area contributed by atoms with E-state index in [1.807, 2.05) is 62.1 Å². The number of fused-ring (bicyclic) bond motifs is 1. The van der Waals surface area contributed by atoms with Crippen LogP contribution in [-0.4, -0.2) is 22.2 Å². The van der Waals surface area contributed by atoms with Gasteiger partial charge in [0.25, 0.3) is 5.69 Å². The quantitative estimate of drug-likeness (QED) is 0.392. The number of non-ortho nitro benzene ring substituents is 1. The van der Waals surface area contributed by atoms with Crippen LogP contribution in [-0.2, 0) is 4.79 Å². The summed E-state index contributed by atoms with van der Waals surface area (Å²) in [6.07, 6.45) is 0. The molecule has 1 aliphatic rings. The summed E-state index contributed by atoms with van der Waals surface area (Å²) in [5.41, 5.74) is 2.35. The number of amidine groups is 1. The van der Waals surface area contributed by atoms with Crippen molar-refractivity contribution in [2.75, 3.05) is 4.90 Å². The van der Waals surface area contributed by atoms with Gasteiger partial charge in [-0.25, -0.2) is 4.99 Å². The number of carbonyl (C=O) groups excluding carboxylic acids is 1. The Hall–Kier alpha value is -3.71. The number of anilines is 1. The third kappa shape index (κ3) is 4.73. The molecule has 0 bridgehead atoms. The third-order valence-corrected chi connectivity index (χ3v) is 5.38. The maximum Gasteiger partial charge on any atom is 0.269 e. The molecule has 0 saturated carbocycles. The molecule has 1 atom stereocenters. The Morgan fingerprint density at radius 2 is 1.67 bits per heavy atom. The number of nitrogens with zero attached hydrogens (tertiary/aromatic N) is 3. The molecular formula is C25H23ClN4O3. The normalized spacial score (nSPS) is 15.5. The minimum atomic E-state index is -0.704. The van der Waals surface area contributed by atoms with E-state index in [2.05, 4.69) is 5.32 Å². The van der Waals surface area contributed by atoms with Crippen LogP contribution in [0.25, 0.3) is 0 Å². The summed E-state index contributed by atoms with van der Waals surface area (Å²) in [6.45, 7) is 5.78. The molecule has 168 valence electrons. The Balaban J connectivity index is 1.92. The van der Waals surface area contributed by atoms with Gasteiger partial charge in [-0.05, 0) is 63.2 Å². The van der Waals surface area contributed by atoms with Crippen LogP contribution >= 0.6 is 11.6 Å². The van der Waals surface area contributed by atoms with Gasteiger partial charge in [0.15, 0.2) is 0 Å². The van der Waals surface area contributed by atoms with E-state index in [-0.39, 0.29) is 11.6 Å². The number of benzene rings is 3. The van der Waals surface area contributed by atoms with Crippen molar-refractivity contribution in [3.8, 4) is 0 Å². The van der Waals surface area contributed by atoms with E-state index in [0.29, 0.717) is 22.1 Å². The zero-order valence-electron chi connectivity index (χ0n) is 18.4. The van der Waals surface area contributed by atoms with E-state index in [0.717, 1.165) is 11.3 Å². The number of para-hydroxylation sites is 1. The summed E-state index contributed by atoms with van der Waals surface area (Å²) in [6, 6.07) is 20.1. The molecule has 4 rings (SSSR count). The predicted molar refractivity (Wildman–Crippen MR) is 130 cm³/mol. The maximum atomic E-state index is 13.6. The average molecular weight is 463 g/mol. The molecule has 0 fully saturated rings. The number of hydrogen-bond donors (Lipinski definition) is 1. The lowest BCUT2D eigenvalue weighted by molar-refractivity contribution is -0.384. The topological polar surface area (TPSA) is 87.8 Å². The average Bonchev–Trinajstić information content (AvgIpc) is 2.77. The first kappa shape index (κ1) is 22.5. The van der Waals surface area contributed by atoms with Crippen LogP contribution in [0.1, 0.15) is 37.9 Å². The van der Waals surface area contributed by atoms with Gasteiger partial charge in [-0.2, -0.15) is 0 Å². The summed E-state index contributed by atoms with van der Waals surface area (Å²) < 4.78 is 0. The summed E-state index contributed by atoms with van der Waals surface area (Å²) in [5, 5.41) is 14.8. The fraction of sp³-hybridized carbons (Fsp3) is 0.200. The summed E-state index contributed by atoms with van der Waals surface area (Å²) >= 11 is 6.13. The molecule has 1 aliphatic heterocycles. The molecule has 33 heavy (non-hydrogen) atoms. The van der Waals surface area contributed by atoms with Gasteiger partial charge in [0.2, 0.25) is 5.91 Å². The standard InChI is InChI=1S/C25H23ClN4O3/c1-25(2,3)28-24(31)22-20-6-4-5-7-21(20)27-23(16-8-12-19(13-9-16)30(32)33)29(22)18-14-10-17(26)11-15-18/h4-15,22H,1-3H3,(H,28,31). The second-order valence-corrected chi connectivity index (χ2v) is 9.22. The first-order chi connectivity index (χ1) is 15.6. The highest BCUT2D eigenvalue weighted by molar-refractivity contribution is 6.30. The lowest BCUT2D eigenvalue weighted by Crippen LogP contribution is -2.50. The van der Waals surface area contributed by atoms with Crippen molar-refractivity contribution >= 4 is 40.4 Å². The molecule has 0 radical (unpaired) electrons. The fourth-order valence-electron chi connectivity index (χ4n) is 3.76. The molecular weight excluding hydrogens is 440 g/mol. The van der Waals surface area contributed by atoms with Crippen LogP contribution in [0, 0.1) is 10.1 Å². The van der Waals surface area contributed by atoms with E-state index in [4.69, 9.17) is 16.6 Å². The summed E-state index contributed by atoms with van der Waals surface area (Å²) in [5.74, 6) is 0.333. The maximum absolute atomic E-state index is 13.6. The van der Waals surface area contributed by atoms with Crippen LogP contribution < -0.4 is 10.2 Å². The monoisotopic (exact) mass is 462 g/mol. The molecule has 1 N–H and O–H groups in total. The number of nitro groups is 1. The van der Waals surface area contributed by atoms with Crippen molar-refractivity contribution in [1.29, 1.82) is 0 Å². The predicted octanol–water partition coefficient (Wildman–Crippen LogP) is 5.80. The lowest BCUT2D eigenvalue weighted by Gasteiger charge is -2.38. The van der Waals surface area contributed by atoms with Crippen molar-refractivity contribution < 1.29 is 9.72 Å². The highest BCUT2D eigenvalue weighted by Gasteiger charge is 2.38. The second-order valence-electron chi connectivity index (χ2n) is 8.79. The number of carbonyl (C=O) groups is 1. The second kappa shape index (κ2) is 8.67.